The molecular formula is C12H20ClN3O2S. The number of nitrogens with one attached hydrogen (secondary N) is 1. The standard InChI is InChI=1S/C12H20ClN3O2S/c1-9-12(10(2)15-14-9)19(17,18)16(8-7-13)11-5-3-4-6-11/h11H,3-8H2,1-2H3,(H,14,15). The highest BCUT2D eigenvalue weighted by Crippen LogP contribution is 2.30. The summed E-state index contributed by atoms with van der Waals surface area (Å²) in [6, 6.07) is 0.0810. The third-order valence-electron chi connectivity index (χ3n) is 3.66. The highest BCUT2D eigenvalue weighted by molar-refractivity contribution is 7.89. The molecule has 108 valence electrons. The topological polar surface area (TPSA) is 66.1 Å². The van der Waals surface area contributed by atoms with Crippen LogP contribution >= 0.6 is 11.6 Å². The highest BCUT2D eigenvalue weighted by Gasteiger charge is 2.35. The predicted octanol–water partition coefficient (Wildman–Crippen LogP) is 2.20. The van der Waals surface area contributed by atoms with Gasteiger partial charge in [0, 0.05) is 18.5 Å². The van der Waals surface area contributed by atoms with E-state index in [4.69, 9.17) is 11.6 Å². The number of nitrogens with zero attached hydrogens (tertiary/aromatic N) is 2. The van der Waals surface area contributed by atoms with Crippen LogP contribution in [0.5, 0.6) is 0 Å². The van der Waals surface area contributed by atoms with Crippen molar-refractivity contribution in [2.75, 3.05) is 12.4 Å². The van der Waals surface area contributed by atoms with Crippen molar-refractivity contribution in [3.05, 3.63) is 11.4 Å². The zero-order valence-electron chi connectivity index (χ0n) is 11.3. The molecule has 19 heavy (non-hydrogen) atoms. The molecule has 1 saturated carbocycles. The number of H-pyrrole nitrogens is 1. The Morgan fingerprint density at radius 2 is 2.00 bits per heavy atom. The van der Waals surface area contributed by atoms with E-state index >= 15 is 0 Å². The number of halogens is 1. The molecule has 0 aromatic carbocycles. The fourth-order valence-electron chi connectivity index (χ4n) is 2.81. The molecule has 7 heteroatoms. The molecule has 0 unspecified atom stereocenters. The molecule has 0 saturated heterocycles. The summed E-state index contributed by atoms with van der Waals surface area (Å²) >= 11 is 5.79. The zero-order valence-corrected chi connectivity index (χ0v) is 12.9. The molecule has 1 heterocycles. The third kappa shape index (κ3) is 2.80. The van der Waals surface area contributed by atoms with E-state index in [9.17, 15) is 8.42 Å². The second kappa shape index (κ2) is 5.81. The normalized spacial score (nSPS) is 17.5. The van der Waals surface area contributed by atoms with E-state index in [1.54, 1.807) is 18.2 Å². The smallest absolute Gasteiger partial charge is 0.247 e. The lowest BCUT2D eigenvalue weighted by molar-refractivity contribution is 0.336. The van der Waals surface area contributed by atoms with Gasteiger partial charge in [0.05, 0.1) is 11.4 Å². The maximum Gasteiger partial charge on any atom is 0.247 e. The van der Waals surface area contributed by atoms with E-state index in [-0.39, 0.29) is 6.04 Å². The number of aromatic amines is 1. The fourth-order valence-corrected chi connectivity index (χ4v) is 5.12. The van der Waals surface area contributed by atoms with Gasteiger partial charge in [0.2, 0.25) is 10.0 Å². The summed E-state index contributed by atoms with van der Waals surface area (Å²) in [4.78, 5) is 0.310. The van der Waals surface area contributed by atoms with Crippen LogP contribution in [0.2, 0.25) is 0 Å². The molecule has 0 amide bonds. The Hall–Kier alpha value is -0.590. The molecule has 1 aliphatic carbocycles. The van der Waals surface area contributed by atoms with E-state index in [1.165, 1.54) is 0 Å². The predicted molar refractivity (Wildman–Crippen MR) is 74.9 cm³/mol. The number of aryl methyl sites for hydroxylation is 2. The van der Waals surface area contributed by atoms with Gasteiger partial charge in [0.15, 0.2) is 0 Å². The molecule has 1 fully saturated rings. The van der Waals surface area contributed by atoms with Crippen LogP contribution in [-0.4, -0.2) is 41.4 Å². The van der Waals surface area contributed by atoms with Gasteiger partial charge in [0.1, 0.15) is 4.90 Å². The van der Waals surface area contributed by atoms with Gasteiger partial charge < -0.3 is 0 Å². The summed E-state index contributed by atoms with van der Waals surface area (Å²) in [5.74, 6) is 0.311. The van der Waals surface area contributed by atoms with Crippen LogP contribution in [0, 0.1) is 13.8 Å². The Morgan fingerprint density at radius 3 is 2.47 bits per heavy atom. The van der Waals surface area contributed by atoms with Gasteiger partial charge in [-0.3, -0.25) is 5.10 Å². The Kier molecular flexibility index (Phi) is 4.53. The average molecular weight is 306 g/mol. The van der Waals surface area contributed by atoms with E-state index in [0.29, 0.717) is 28.7 Å². The van der Waals surface area contributed by atoms with Crippen LogP contribution in [0.25, 0.3) is 0 Å². The van der Waals surface area contributed by atoms with Crippen LogP contribution in [0.15, 0.2) is 4.90 Å². The molecule has 0 spiro atoms. The number of hydrogen-bond acceptors (Lipinski definition) is 3. The van der Waals surface area contributed by atoms with Crippen LogP contribution in [0.1, 0.15) is 37.1 Å². The first-order chi connectivity index (χ1) is 8.98. The second-order valence-electron chi connectivity index (χ2n) is 5.01. The van der Waals surface area contributed by atoms with Crippen molar-refractivity contribution in [2.24, 2.45) is 0 Å². The van der Waals surface area contributed by atoms with E-state index in [0.717, 1.165) is 25.7 Å². The lowest BCUT2D eigenvalue weighted by Crippen LogP contribution is -2.40. The maximum atomic E-state index is 12.8. The number of sulfonamides is 1. The number of alkyl halides is 1. The van der Waals surface area contributed by atoms with Gasteiger partial charge in [-0.05, 0) is 26.7 Å². The fraction of sp³-hybridized carbons (Fsp3) is 0.750. The third-order valence-corrected chi connectivity index (χ3v) is 6.05. The van der Waals surface area contributed by atoms with Crippen molar-refractivity contribution in [3.63, 3.8) is 0 Å². The van der Waals surface area contributed by atoms with E-state index < -0.39 is 10.0 Å². The molecule has 0 atom stereocenters. The molecule has 0 bridgehead atoms. The van der Waals surface area contributed by atoms with Gasteiger partial charge in [-0.15, -0.1) is 11.6 Å². The summed E-state index contributed by atoms with van der Waals surface area (Å²) < 4.78 is 27.2. The van der Waals surface area contributed by atoms with Crippen molar-refractivity contribution in [3.8, 4) is 0 Å². The SMILES string of the molecule is Cc1n[nH]c(C)c1S(=O)(=O)N(CCCl)C1CCCC1. The first kappa shape index (κ1) is 14.8. The van der Waals surface area contributed by atoms with Gasteiger partial charge in [-0.2, -0.15) is 9.40 Å². The van der Waals surface area contributed by atoms with Crippen LogP contribution in [-0.2, 0) is 10.0 Å². The van der Waals surface area contributed by atoms with Crippen LogP contribution in [0.4, 0.5) is 0 Å². The summed E-state index contributed by atoms with van der Waals surface area (Å²) in [7, 11) is -3.51. The molecule has 1 N–H and O–H groups in total. The average Bonchev–Trinajstić information content (AvgIpc) is 2.96. The lowest BCUT2D eigenvalue weighted by atomic mass is 10.2. The molecule has 1 aromatic rings. The quantitative estimate of drug-likeness (QED) is 0.848. The molecule has 1 aromatic heterocycles. The zero-order chi connectivity index (χ0) is 14.0. The van der Waals surface area contributed by atoms with Crippen LogP contribution in [0.3, 0.4) is 0 Å². The Labute approximate surface area is 119 Å². The van der Waals surface area contributed by atoms with Crippen molar-refractivity contribution < 1.29 is 8.42 Å². The Bertz CT molecular complexity index is 516. The first-order valence-corrected chi connectivity index (χ1v) is 8.55. The minimum atomic E-state index is -3.51. The number of hydrogen-bond donors (Lipinski definition) is 1. The molecular weight excluding hydrogens is 286 g/mol. The monoisotopic (exact) mass is 305 g/mol. The van der Waals surface area contributed by atoms with Gasteiger partial charge in [-0.1, -0.05) is 12.8 Å². The van der Waals surface area contributed by atoms with Crippen LogP contribution < -0.4 is 0 Å². The summed E-state index contributed by atoms with van der Waals surface area (Å²) in [6.45, 7) is 3.81. The van der Waals surface area contributed by atoms with Crippen molar-refractivity contribution in [1.82, 2.24) is 14.5 Å². The molecule has 5 nitrogen and oxygen atoms in total. The summed E-state index contributed by atoms with van der Waals surface area (Å²) in [5.41, 5.74) is 1.12. The molecule has 1 aliphatic rings. The second-order valence-corrected chi connectivity index (χ2v) is 7.21. The lowest BCUT2D eigenvalue weighted by Gasteiger charge is -2.27. The molecule has 0 aliphatic heterocycles. The maximum absolute atomic E-state index is 12.8. The summed E-state index contributed by atoms with van der Waals surface area (Å²) in [5, 5.41) is 6.73. The molecule has 2 rings (SSSR count). The van der Waals surface area contributed by atoms with Crippen molar-refractivity contribution in [2.45, 2.75) is 50.5 Å². The first-order valence-electron chi connectivity index (χ1n) is 6.58. The Morgan fingerprint density at radius 1 is 1.37 bits per heavy atom. The van der Waals surface area contributed by atoms with Gasteiger partial charge in [-0.25, -0.2) is 8.42 Å². The summed E-state index contributed by atoms with van der Waals surface area (Å²) in [6.07, 6.45) is 4.02. The number of rotatable bonds is 5. The largest absolute Gasteiger partial charge is 0.281 e. The molecule has 0 radical (unpaired) electrons. The van der Waals surface area contributed by atoms with Gasteiger partial charge in [0.25, 0.3) is 0 Å². The van der Waals surface area contributed by atoms with E-state index in [2.05, 4.69) is 10.2 Å². The minimum absolute atomic E-state index is 0.0810. The number of aromatic nitrogens is 2. The Balaban J connectivity index is 2.39. The van der Waals surface area contributed by atoms with Crippen molar-refractivity contribution >= 4 is 21.6 Å². The van der Waals surface area contributed by atoms with Crippen molar-refractivity contribution in [1.29, 1.82) is 0 Å². The minimum Gasteiger partial charge on any atom is -0.281 e. The van der Waals surface area contributed by atoms with E-state index in [1.807, 2.05) is 0 Å². The van der Waals surface area contributed by atoms with Gasteiger partial charge >= 0.3 is 0 Å². The highest BCUT2D eigenvalue weighted by atomic mass is 35.5.